The summed E-state index contributed by atoms with van der Waals surface area (Å²) >= 11 is 1.85. The fourth-order valence-corrected chi connectivity index (χ4v) is 3.84. The molecule has 0 aliphatic heterocycles. The lowest BCUT2D eigenvalue weighted by molar-refractivity contribution is 0.0956. The summed E-state index contributed by atoms with van der Waals surface area (Å²) in [6.45, 7) is 2.58. The molecule has 21 heavy (non-hydrogen) atoms. The first-order valence-electron chi connectivity index (χ1n) is 7.49. The normalized spacial score (nSPS) is 17.1. The quantitative estimate of drug-likeness (QED) is 0.896. The van der Waals surface area contributed by atoms with Crippen molar-refractivity contribution in [1.82, 2.24) is 5.32 Å². The lowest BCUT2D eigenvalue weighted by Crippen LogP contribution is -2.22. The van der Waals surface area contributed by atoms with E-state index >= 15 is 0 Å². The van der Waals surface area contributed by atoms with Crippen LogP contribution in [-0.4, -0.2) is 12.5 Å². The molecule has 0 radical (unpaired) electrons. The minimum absolute atomic E-state index is 0.0129. The van der Waals surface area contributed by atoms with Crippen molar-refractivity contribution in [1.29, 1.82) is 0 Å². The fraction of sp³-hybridized carbons (Fsp3) is 0.353. The summed E-state index contributed by atoms with van der Waals surface area (Å²) in [7, 11) is 0. The van der Waals surface area contributed by atoms with Crippen LogP contribution in [0.3, 0.4) is 0 Å². The highest BCUT2D eigenvalue weighted by Crippen LogP contribution is 2.35. The van der Waals surface area contributed by atoms with Gasteiger partial charge in [0.25, 0.3) is 5.91 Å². The van der Waals surface area contributed by atoms with Crippen molar-refractivity contribution in [2.45, 2.75) is 32.2 Å². The number of fused-ring (bicyclic) bond motifs is 1. The number of aryl methyl sites for hydroxylation is 1. The van der Waals surface area contributed by atoms with Gasteiger partial charge in [0.05, 0.1) is 6.04 Å². The van der Waals surface area contributed by atoms with Crippen molar-refractivity contribution >= 4 is 22.9 Å². The summed E-state index contributed by atoms with van der Waals surface area (Å²) < 4.78 is 0. The monoisotopic (exact) mass is 300 g/mol. The van der Waals surface area contributed by atoms with Gasteiger partial charge in [-0.1, -0.05) is 6.07 Å². The minimum atomic E-state index is -0.0129. The predicted molar refractivity (Wildman–Crippen MR) is 88.1 cm³/mol. The Morgan fingerprint density at radius 3 is 3.14 bits per heavy atom. The van der Waals surface area contributed by atoms with E-state index in [4.69, 9.17) is 0 Å². The zero-order valence-electron chi connectivity index (χ0n) is 12.2. The zero-order valence-corrected chi connectivity index (χ0v) is 13.0. The molecule has 1 aromatic carbocycles. The smallest absolute Gasteiger partial charge is 0.251 e. The summed E-state index contributed by atoms with van der Waals surface area (Å²) in [5.74, 6) is -0.0129. The topological polar surface area (TPSA) is 41.1 Å². The molecular weight excluding hydrogens is 280 g/mol. The van der Waals surface area contributed by atoms with Crippen LogP contribution < -0.4 is 10.6 Å². The van der Waals surface area contributed by atoms with Gasteiger partial charge in [-0.3, -0.25) is 4.79 Å². The number of thiophene rings is 1. The van der Waals surface area contributed by atoms with Crippen LogP contribution in [0.1, 0.15) is 46.6 Å². The van der Waals surface area contributed by atoms with E-state index in [-0.39, 0.29) is 5.91 Å². The minimum Gasteiger partial charge on any atom is -0.378 e. The van der Waals surface area contributed by atoms with E-state index in [1.807, 2.05) is 42.5 Å². The molecule has 0 bridgehead atoms. The maximum atomic E-state index is 11.9. The van der Waals surface area contributed by atoms with E-state index in [1.54, 1.807) is 0 Å². The van der Waals surface area contributed by atoms with Crippen LogP contribution >= 0.6 is 11.3 Å². The molecule has 1 heterocycles. The molecule has 1 aliphatic rings. The summed E-state index contributed by atoms with van der Waals surface area (Å²) in [5, 5.41) is 8.60. The average Bonchev–Trinajstić information content (AvgIpc) is 2.97. The van der Waals surface area contributed by atoms with Crippen molar-refractivity contribution in [3.63, 3.8) is 0 Å². The molecule has 0 saturated heterocycles. The van der Waals surface area contributed by atoms with Gasteiger partial charge in [-0.2, -0.15) is 0 Å². The molecule has 0 fully saturated rings. The Hall–Kier alpha value is -1.81. The summed E-state index contributed by atoms with van der Waals surface area (Å²) in [5.41, 5.74) is 3.15. The summed E-state index contributed by atoms with van der Waals surface area (Å²) in [4.78, 5) is 13.4. The third-order valence-electron chi connectivity index (χ3n) is 3.85. The van der Waals surface area contributed by atoms with Crippen LogP contribution in [0.5, 0.6) is 0 Å². The first kappa shape index (κ1) is 14.1. The third-order valence-corrected chi connectivity index (χ3v) is 4.85. The number of carbonyl (C=O) groups excluding carboxylic acids is 1. The van der Waals surface area contributed by atoms with Crippen LogP contribution in [-0.2, 0) is 6.42 Å². The van der Waals surface area contributed by atoms with E-state index in [1.165, 1.54) is 23.3 Å². The predicted octanol–water partition coefficient (Wildman–Crippen LogP) is 3.99. The van der Waals surface area contributed by atoms with E-state index in [0.29, 0.717) is 18.2 Å². The maximum absolute atomic E-state index is 11.9. The van der Waals surface area contributed by atoms with Gasteiger partial charge in [0, 0.05) is 22.7 Å². The van der Waals surface area contributed by atoms with Gasteiger partial charge in [0.1, 0.15) is 0 Å². The molecule has 1 aliphatic carbocycles. The van der Waals surface area contributed by atoms with Gasteiger partial charge < -0.3 is 10.6 Å². The molecule has 3 rings (SSSR count). The summed E-state index contributed by atoms with van der Waals surface area (Å²) in [6.07, 6.45) is 3.57. The zero-order chi connectivity index (χ0) is 14.7. The Kier molecular flexibility index (Phi) is 4.25. The van der Waals surface area contributed by atoms with Gasteiger partial charge in [-0.25, -0.2) is 0 Å². The first-order chi connectivity index (χ1) is 10.3. The van der Waals surface area contributed by atoms with Gasteiger partial charge in [0.2, 0.25) is 0 Å². The molecule has 3 nitrogen and oxygen atoms in total. The maximum Gasteiger partial charge on any atom is 0.251 e. The Labute approximate surface area is 129 Å². The lowest BCUT2D eigenvalue weighted by Gasteiger charge is -2.25. The van der Waals surface area contributed by atoms with E-state index in [9.17, 15) is 4.79 Å². The molecule has 4 heteroatoms. The molecule has 2 N–H and O–H groups in total. The average molecular weight is 300 g/mol. The number of carbonyl (C=O) groups is 1. The second-order valence-electron chi connectivity index (χ2n) is 5.33. The highest BCUT2D eigenvalue weighted by molar-refractivity contribution is 7.10. The Bertz CT molecular complexity index is 635. The van der Waals surface area contributed by atoms with Crippen LogP contribution in [0.25, 0.3) is 0 Å². The molecular formula is C17H20N2OS. The van der Waals surface area contributed by atoms with Crippen molar-refractivity contribution < 1.29 is 4.79 Å². The second kappa shape index (κ2) is 6.31. The number of nitrogens with one attached hydrogen (secondary N) is 2. The standard InChI is InChI=1S/C17H20N2OS/c1-2-18-17(20)12-5-3-6-13(11-12)19-15-7-4-8-16-14(15)9-10-21-16/h3,5-6,9-11,15,19H,2,4,7-8H2,1H3,(H,18,20). The Morgan fingerprint density at radius 1 is 1.38 bits per heavy atom. The van der Waals surface area contributed by atoms with Crippen LogP contribution in [0, 0.1) is 0 Å². The molecule has 110 valence electrons. The SMILES string of the molecule is CCNC(=O)c1cccc(NC2CCCc3sccc32)c1. The molecule has 2 aromatic rings. The van der Waals surface area contributed by atoms with Gasteiger partial charge in [0.15, 0.2) is 0 Å². The molecule has 1 amide bonds. The van der Waals surface area contributed by atoms with Crippen molar-refractivity contribution in [3.05, 3.63) is 51.7 Å². The number of rotatable bonds is 4. The Balaban J connectivity index is 1.77. The first-order valence-corrected chi connectivity index (χ1v) is 8.37. The fourth-order valence-electron chi connectivity index (χ4n) is 2.85. The number of hydrogen-bond acceptors (Lipinski definition) is 3. The lowest BCUT2D eigenvalue weighted by atomic mass is 9.94. The highest BCUT2D eigenvalue weighted by atomic mass is 32.1. The molecule has 1 aromatic heterocycles. The molecule has 1 atom stereocenters. The van der Waals surface area contributed by atoms with Crippen molar-refractivity contribution in [3.8, 4) is 0 Å². The summed E-state index contributed by atoms with van der Waals surface area (Å²) in [6, 6.07) is 10.3. The van der Waals surface area contributed by atoms with Crippen molar-refractivity contribution in [2.75, 3.05) is 11.9 Å². The second-order valence-corrected chi connectivity index (χ2v) is 6.33. The van der Waals surface area contributed by atoms with Crippen LogP contribution in [0.2, 0.25) is 0 Å². The van der Waals surface area contributed by atoms with E-state index < -0.39 is 0 Å². The highest BCUT2D eigenvalue weighted by Gasteiger charge is 2.21. The van der Waals surface area contributed by atoms with Crippen LogP contribution in [0.4, 0.5) is 5.69 Å². The number of benzene rings is 1. The molecule has 1 unspecified atom stereocenters. The molecule has 0 spiro atoms. The number of amides is 1. The van der Waals surface area contributed by atoms with Crippen molar-refractivity contribution in [2.24, 2.45) is 0 Å². The van der Waals surface area contributed by atoms with Gasteiger partial charge in [-0.05, 0) is 61.4 Å². The Morgan fingerprint density at radius 2 is 2.29 bits per heavy atom. The van der Waals surface area contributed by atoms with E-state index in [2.05, 4.69) is 22.1 Å². The number of hydrogen-bond donors (Lipinski definition) is 2. The molecule has 0 saturated carbocycles. The van der Waals surface area contributed by atoms with Crippen LogP contribution in [0.15, 0.2) is 35.7 Å². The number of anilines is 1. The largest absolute Gasteiger partial charge is 0.378 e. The van der Waals surface area contributed by atoms with E-state index in [0.717, 1.165) is 12.1 Å². The third kappa shape index (κ3) is 3.10. The van der Waals surface area contributed by atoms with Gasteiger partial charge >= 0.3 is 0 Å². The van der Waals surface area contributed by atoms with Gasteiger partial charge in [-0.15, -0.1) is 11.3 Å².